The number of nitrogens with one attached hydrogen (secondary N) is 1. The molecule has 1 aromatic carbocycles. The van der Waals surface area contributed by atoms with E-state index in [9.17, 15) is 0 Å². The van der Waals surface area contributed by atoms with Crippen molar-refractivity contribution < 1.29 is 4.74 Å². The van der Waals surface area contributed by atoms with Gasteiger partial charge >= 0.3 is 0 Å². The van der Waals surface area contributed by atoms with E-state index in [4.69, 9.17) is 4.74 Å². The lowest BCUT2D eigenvalue weighted by atomic mass is 9.92. The summed E-state index contributed by atoms with van der Waals surface area (Å²) < 4.78 is 7.17. The first-order chi connectivity index (χ1) is 9.31. The normalized spacial score (nSPS) is 23.3. The number of piperidine rings is 1. The monoisotopic (exact) mass is 323 g/mol. The number of ether oxygens (including phenoxy) is 1. The molecule has 1 heterocycles. The average Bonchev–Trinajstić information content (AvgIpc) is 3.23. The topological polar surface area (TPSA) is 21.3 Å². The van der Waals surface area contributed by atoms with Crippen LogP contribution in [0.1, 0.15) is 31.2 Å². The smallest absolute Gasteiger partial charge is 0.122 e. The maximum atomic E-state index is 6.02. The van der Waals surface area contributed by atoms with Gasteiger partial charge in [0, 0.05) is 4.47 Å². The zero-order valence-electron chi connectivity index (χ0n) is 11.3. The highest BCUT2D eigenvalue weighted by Crippen LogP contribution is 2.32. The molecule has 3 heteroatoms. The van der Waals surface area contributed by atoms with Crippen molar-refractivity contribution in [3.05, 3.63) is 28.2 Å². The fourth-order valence-electron chi connectivity index (χ4n) is 2.75. The maximum absolute atomic E-state index is 6.02. The zero-order valence-corrected chi connectivity index (χ0v) is 12.9. The van der Waals surface area contributed by atoms with Crippen molar-refractivity contribution >= 4 is 15.9 Å². The predicted octanol–water partition coefficient (Wildman–Crippen LogP) is 3.78. The quantitative estimate of drug-likeness (QED) is 0.890. The van der Waals surface area contributed by atoms with Gasteiger partial charge in [-0.05, 0) is 80.8 Å². The molecule has 1 saturated carbocycles. The van der Waals surface area contributed by atoms with E-state index in [2.05, 4.69) is 39.4 Å². The summed E-state index contributed by atoms with van der Waals surface area (Å²) in [5.41, 5.74) is 1.36. The maximum Gasteiger partial charge on any atom is 0.122 e. The van der Waals surface area contributed by atoms with Crippen molar-refractivity contribution in [2.45, 2.75) is 32.1 Å². The molecule has 19 heavy (non-hydrogen) atoms. The molecule has 1 atom stereocenters. The molecule has 0 bridgehead atoms. The Hall–Kier alpha value is -0.540. The molecule has 1 saturated heterocycles. The molecule has 0 aromatic heterocycles. The average molecular weight is 324 g/mol. The first-order valence-corrected chi connectivity index (χ1v) is 8.22. The van der Waals surface area contributed by atoms with E-state index in [1.807, 2.05) is 0 Å². The van der Waals surface area contributed by atoms with Crippen LogP contribution in [0.4, 0.5) is 0 Å². The molecule has 0 radical (unpaired) electrons. The lowest BCUT2D eigenvalue weighted by molar-refractivity contribution is 0.292. The van der Waals surface area contributed by atoms with E-state index in [0.29, 0.717) is 0 Å². The van der Waals surface area contributed by atoms with Crippen LogP contribution in [0.15, 0.2) is 22.7 Å². The highest BCUT2D eigenvalue weighted by Gasteiger charge is 2.23. The third kappa shape index (κ3) is 3.96. The second-order valence-electron chi connectivity index (χ2n) is 5.92. The van der Waals surface area contributed by atoms with Gasteiger partial charge in [0.25, 0.3) is 0 Å². The van der Waals surface area contributed by atoms with E-state index in [1.54, 1.807) is 0 Å². The molecule has 1 N–H and O–H groups in total. The molecular formula is C16H22BrNO. The van der Waals surface area contributed by atoms with Crippen LogP contribution in [0.2, 0.25) is 0 Å². The SMILES string of the molecule is Brc1ccc(OCC2CC2)c(CC2CCCNC2)c1. The van der Waals surface area contributed by atoms with E-state index < -0.39 is 0 Å². The zero-order chi connectivity index (χ0) is 13.1. The Labute approximate surface area is 124 Å². The fourth-order valence-corrected chi connectivity index (χ4v) is 3.16. The minimum absolute atomic E-state index is 0.756. The molecular weight excluding hydrogens is 302 g/mol. The van der Waals surface area contributed by atoms with Crippen LogP contribution in [-0.4, -0.2) is 19.7 Å². The molecule has 104 valence electrons. The van der Waals surface area contributed by atoms with Gasteiger partial charge in [-0.25, -0.2) is 0 Å². The summed E-state index contributed by atoms with van der Waals surface area (Å²) in [6.45, 7) is 3.23. The van der Waals surface area contributed by atoms with Crippen molar-refractivity contribution in [1.29, 1.82) is 0 Å². The second kappa shape index (κ2) is 6.27. The third-order valence-electron chi connectivity index (χ3n) is 4.10. The molecule has 2 aliphatic rings. The Kier molecular flexibility index (Phi) is 4.44. The highest BCUT2D eigenvalue weighted by molar-refractivity contribution is 9.10. The largest absolute Gasteiger partial charge is 0.493 e. The molecule has 1 unspecified atom stereocenters. The van der Waals surface area contributed by atoms with Gasteiger partial charge in [0.15, 0.2) is 0 Å². The Balaban J connectivity index is 1.67. The van der Waals surface area contributed by atoms with Crippen molar-refractivity contribution in [3.8, 4) is 5.75 Å². The number of hydrogen-bond donors (Lipinski definition) is 1. The van der Waals surface area contributed by atoms with Gasteiger partial charge in [-0.1, -0.05) is 15.9 Å². The molecule has 2 fully saturated rings. The summed E-state index contributed by atoms with van der Waals surface area (Å²) in [4.78, 5) is 0. The van der Waals surface area contributed by atoms with Crippen molar-refractivity contribution in [3.63, 3.8) is 0 Å². The molecule has 1 aliphatic heterocycles. The summed E-state index contributed by atoms with van der Waals surface area (Å²) in [6.07, 6.45) is 6.46. The van der Waals surface area contributed by atoms with E-state index in [-0.39, 0.29) is 0 Å². The van der Waals surface area contributed by atoms with Gasteiger partial charge in [0.1, 0.15) is 5.75 Å². The van der Waals surface area contributed by atoms with Gasteiger partial charge in [0.2, 0.25) is 0 Å². The molecule has 2 nitrogen and oxygen atoms in total. The minimum Gasteiger partial charge on any atom is -0.493 e. The molecule has 1 aromatic rings. The Bertz CT molecular complexity index is 425. The minimum atomic E-state index is 0.756. The summed E-state index contributed by atoms with van der Waals surface area (Å²) in [6, 6.07) is 6.44. The highest BCUT2D eigenvalue weighted by atomic mass is 79.9. The molecule has 1 aliphatic carbocycles. The van der Waals surface area contributed by atoms with Crippen LogP contribution in [-0.2, 0) is 6.42 Å². The van der Waals surface area contributed by atoms with Gasteiger partial charge in [-0.3, -0.25) is 0 Å². The molecule has 0 amide bonds. The summed E-state index contributed by atoms with van der Waals surface area (Å²) in [5, 5.41) is 3.50. The summed E-state index contributed by atoms with van der Waals surface area (Å²) in [5.74, 6) is 2.67. The number of rotatable bonds is 5. The predicted molar refractivity (Wildman–Crippen MR) is 81.7 cm³/mol. The Morgan fingerprint density at radius 3 is 2.84 bits per heavy atom. The summed E-state index contributed by atoms with van der Waals surface area (Å²) in [7, 11) is 0. The first kappa shape index (κ1) is 13.4. The van der Waals surface area contributed by atoms with Crippen molar-refractivity contribution in [2.75, 3.05) is 19.7 Å². The van der Waals surface area contributed by atoms with Gasteiger partial charge in [-0.2, -0.15) is 0 Å². The molecule has 0 spiro atoms. The van der Waals surface area contributed by atoms with Crippen LogP contribution in [0.3, 0.4) is 0 Å². The van der Waals surface area contributed by atoms with Crippen LogP contribution in [0.25, 0.3) is 0 Å². The Morgan fingerprint density at radius 1 is 1.21 bits per heavy atom. The second-order valence-corrected chi connectivity index (χ2v) is 6.84. The van der Waals surface area contributed by atoms with Gasteiger partial charge in [0.05, 0.1) is 6.61 Å². The number of benzene rings is 1. The number of halogens is 1. The standard InChI is InChI=1S/C16H22BrNO/c17-15-5-6-16(19-11-12-3-4-12)14(9-15)8-13-2-1-7-18-10-13/h5-6,9,12-13,18H,1-4,7-8,10-11H2. The van der Waals surface area contributed by atoms with E-state index >= 15 is 0 Å². The van der Waals surface area contributed by atoms with Crippen LogP contribution < -0.4 is 10.1 Å². The van der Waals surface area contributed by atoms with Gasteiger partial charge in [-0.15, -0.1) is 0 Å². The van der Waals surface area contributed by atoms with Crippen LogP contribution in [0.5, 0.6) is 5.75 Å². The fraction of sp³-hybridized carbons (Fsp3) is 0.625. The van der Waals surface area contributed by atoms with Gasteiger partial charge < -0.3 is 10.1 Å². The van der Waals surface area contributed by atoms with Crippen LogP contribution in [0, 0.1) is 11.8 Å². The van der Waals surface area contributed by atoms with Crippen LogP contribution >= 0.6 is 15.9 Å². The number of hydrogen-bond acceptors (Lipinski definition) is 2. The van der Waals surface area contributed by atoms with Crippen molar-refractivity contribution in [1.82, 2.24) is 5.32 Å². The lowest BCUT2D eigenvalue weighted by Crippen LogP contribution is -2.30. The van der Waals surface area contributed by atoms with E-state index in [0.717, 1.165) is 41.6 Å². The van der Waals surface area contributed by atoms with Crippen molar-refractivity contribution in [2.24, 2.45) is 11.8 Å². The lowest BCUT2D eigenvalue weighted by Gasteiger charge is -2.23. The summed E-state index contributed by atoms with van der Waals surface area (Å²) >= 11 is 3.58. The molecule has 3 rings (SSSR count). The van der Waals surface area contributed by atoms with E-state index in [1.165, 1.54) is 37.8 Å². The first-order valence-electron chi connectivity index (χ1n) is 7.43. The Morgan fingerprint density at radius 2 is 2.11 bits per heavy atom. The third-order valence-corrected chi connectivity index (χ3v) is 4.59.